The molecule has 0 saturated carbocycles. The number of esters is 1. The van der Waals surface area contributed by atoms with Crippen LogP contribution in [0.2, 0.25) is 0 Å². The zero-order chi connectivity index (χ0) is 16.8. The van der Waals surface area contributed by atoms with Gasteiger partial charge in [0.1, 0.15) is 23.9 Å². The normalized spacial score (nSPS) is 11.6. The predicted molar refractivity (Wildman–Crippen MR) is 78.4 cm³/mol. The first-order chi connectivity index (χ1) is 11.0. The molecule has 7 heteroatoms. The van der Waals surface area contributed by atoms with Gasteiger partial charge in [-0.05, 0) is 43.3 Å². The van der Waals surface area contributed by atoms with E-state index in [1.165, 1.54) is 44.3 Å². The fourth-order valence-electron chi connectivity index (χ4n) is 1.73. The number of ether oxygens (including phenoxy) is 2. The Morgan fingerprint density at radius 2 is 1.91 bits per heavy atom. The van der Waals surface area contributed by atoms with E-state index in [0.717, 1.165) is 0 Å². The summed E-state index contributed by atoms with van der Waals surface area (Å²) < 4.78 is 28.4. The molecule has 1 aromatic heterocycles. The zero-order valence-electron chi connectivity index (χ0n) is 12.7. The molecule has 1 amide bonds. The van der Waals surface area contributed by atoms with E-state index in [0.29, 0.717) is 11.5 Å². The number of hydrogen-bond acceptors (Lipinski definition) is 5. The SMILES string of the molecule is CNC(=O)[C@H](C)OC(=O)c1ccc(COc2ccc(F)cc2)o1. The molecule has 122 valence electrons. The Morgan fingerprint density at radius 1 is 1.22 bits per heavy atom. The van der Waals surface area contributed by atoms with Crippen LogP contribution in [0.1, 0.15) is 23.2 Å². The topological polar surface area (TPSA) is 77.8 Å². The highest BCUT2D eigenvalue weighted by molar-refractivity contribution is 5.89. The third kappa shape index (κ3) is 4.57. The number of benzene rings is 1. The van der Waals surface area contributed by atoms with Gasteiger partial charge >= 0.3 is 5.97 Å². The molecule has 1 N–H and O–H groups in total. The first-order valence-electron chi connectivity index (χ1n) is 6.89. The summed E-state index contributed by atoms with van der Waals surface area (Å²) >= 11 is 0. The maximum Gasteiger partial charge on any atom is 0.375 e. The molecule has 2 rings (SSSR count). The van der Waals surface area contributed by atoms with E-state index in [9.17, 15) is 14.0 Å². The van der Waals surface area contributed by atoms with Crippen LogP contribution in [0.25, 0.3) is 0 Å². The smallest absolute Gasteiger partial charge is 0.375 e. The van der Waals surface area contributed by atoms with E-state index in [4.69, 9.17) is 13.9 Å². The molecule has 0 fully saturated rings. The van der Waals surface area contributed by atoms with Crippen LogP contribution in [0.15, 0.2) is 40.8 Å². The molecule has 1 heterocycles. The summed E-state index contributed by atoms with van der Waals surface area (Å²) in [4.78, 5) is 23.1. The lowest BCUT2D eigenvalue weighted by Gasteiger charge is -2.10. The summed E-state index contributed by atoms with van der Waals surface area (Å²) in [7, 11) is 1.45. The Bertz CT molecular complexity index is 680. The first-order valence-corrected chi connectivity index (χ1v) is 6.89. The highest BCUT2D eigenvalue weighted by Crippen LogP contribution is 2.16. The monoisotopic (exact) mass is 321 g/mol. The van der Waals surface area contributed by atoms with Crippen molar-refractivity contribution in [1.82, 2.24) is 5.32 Å². The van der Waals surface area contributed by atoms with Gasteiger partial charge in [0, 0.05) is 7.05 Å². The third-order valence-corrected chi connectivity index (χ3v) is 2.96. The third-order valence-electron chi connectivity index (χ3n) is 2.96. The van der Waals surface area contributed by atoms with Gasteiger partial charge in [-0.25, -0.2) is 9.18 Å². The van der Waals surface area contributed by atoms with Crippen molar-refractivity contribution in [2.45, 2.75) is 19.6 Å². The van der Waals surface area contributed by atoms with Gasteiger partial charge in [-0.2, -0.15) is 0 Å². The average Bonchev–Trinajstić information content (AvgIpc) is 3.02. The number of amides is 1. The minimum atomic E-state index is -0.920. The molecular weight excluding hydrogens is 305 g/mol. The molecule has 0 aliphatic heterocycles. The van der Waals surface area contributed by atoms with Crippen molar-refractivity contribution in [2.75, 3.05) is 7.05 Å². The van der Waals surface area contributed by atoms with Crippen LogP contribution in [-0.2, 0) is 16.1 Å². The number of rotatable bonds is 6. The number of carbonyl (C=O) groups is 2. The van der Waals surface area contributed by atoms with Gasteiger partial charge in [0.15, 0.2) is 6.10 Å². The first kappa shape index (κ1) is 16.5. The quantitative estimate of drug-likeness (QED) is 0.826. The van der Waals surface area contributed by atoms with Crippen molar-refractivity contribution in [2.24, 2.45) is 0 Å². The molecule has 23 heavy (non-hydrogen) atoms. The maximum atomic E-state index is 12.8. The molecular formula is C16H16FNO5. The molecule has 1 atom stereocenters. The van der Waals surface area contributed by atoms with Crippen LogP contribution in [0.3, 0.4) is 0 Å². The van der Waals surface area contributed by atoms with E-state index in [-0.39, 0.29) is 18.2 Å². The van der Waals surface area contributed by atoms with Crippen LogP contribution >= 0.6 is 0 Å². The van der Waals surface area contributed by atoms with Crippen molar-refractivity contribution < 1.29 is 27.9 Å². The summed E-state index contributed by atoms with van der Waals surface area (Å²) in [6.45, 7) is 1.53. The number of likely N-dealkylation sites (N-methyl/N-ethyl adjacent to an activating group) is 1. The lowest BCUT2D eigenvalue weighted by atomic mass is 10.3. The Balaban J connectivity index is 1.91. The molecule has 0 bridgehead atoms. The van der Waals surface area contributed by atoms with Gasteiger partial charge in [-0.1, -0.05) is 0 Å². The summed E-state index contributed by atoms with van der Waals surface area (Å²) in [5.41, 5.74) is 0. The molecule has 0 spiro atoms. The molecule has 1 aromatic carbocycles. The summed E-state index contributed by atoms with van der Waals surface area (Å²) in [5, 5.41) is 2.38. The summed E-state index contributed by atoms with van der Waals surface area (Å²) in [6, 6.07) is 8.52. The molecule has 0 radical (unpaired) electrons. The van der Waals surface area contributed by atoms with Gasteiger partial charge in [-0.3, -0.25) is 4.79 Å². The van der Waals surface area contributed by atoms with Gasteiger partial charge < -0.3 is 19.2 Å². The minimum Gasteiger partial charge on any atom is -0.486 e. The Kier molecular flexibility index (Phi) is 5.35. The number of nitrogens with one attached hydrogen (secondary N) is 1. The fourth-order valence-corrected chi connectivity index (χ4v) is 1.73. The standard InChI is InChI=1S/C16H16FNO5/c1-10(15(19)18-2)22-16(20)14-8-7-13(23-14)9-21-12-5-3-11(17)4-6-12/h3-8,10H,9H2,1-2H3,(H,18,19)/t10-/m0/s1. The van der Waals surface area contributed by atoms with Gasteiger partial charge in [0.25, 0.3) is 5.91 Å². The second kappa shape index (κ2) is 7.44. The highest BCUT2D eigenvalue weighted by Gasteiger charge is 2.20. The molecule has 6 nitrogen and oxygen atoms in total. The van der Waals surface area contributed by atoms with Crippen LogP contribution < -0.4 is 10.1 Å². The van der Waals surface area contributed by atoms with Crippen molar-refractivity contribution in [3.8, 4) is 5.75 Å². The van der Waals surface area contributed by atoms with Crippen molar-refractivity contribution >= 4 is 11.9 Å². The van der Waals surface area contributed by atoms with E-state index in [1.54, 1.807) is 6.07 Å². The molecule has 0 unspecified atom stereocenters. The number of hydrogen-bond donors (Lipinski definition) is 1. The Morgan fingerprint density at radius 3 is 2.57 bits per heavy atom. The number of halogens is 1. The molecule has 0 saturated heterocycles. The zero-order valence-corrected chi connectivity index (χ0v) is 12.7. The van der Waals surface area contributed by atoms with Crippen molar-refractivity contribution in [3.63, 3.8) is 0 Å². The summed E-state index contributed by atoms with van der Waals surface area (Å²) in [5.74, 6) is -0.669. The van der Waals surface area contributed by atoms with Crippen molar-refractivity contribution in [3.05, 3.63) is 53.7 Å². The van der Waals surface area contributed by atoms with Crippen molar-refractivity contribution in [1.29, 1.82) is 0 Å². The lowest BCUT2D eigenvalue weighted by Crippen LogP contribution is -2.33. The van der Waals surface area contributed by atoms with E-state index in [1.807, 2.05) is 0 Å². The number of furan rings is 1. The highest BCUT2D eigenvalue weighted by atomic mass is 19.1. The minimum absolute atomic E-state index is 0.0292. The maximum absolute atomic E-state index is 12.8. The van der Waals surface area contributed by atoms with E-state index >= 15 is 0 Å². The largest absolute Gasteiger partial charge is 0.486 e. The number of carbonyl (C=O) groups excluding carboxylic acids is 2. The Labute approximate surface area is 132 Å². The van der Waals surface area contributed by atoms with Crippen LogP contribution in [-0.4, -0.2) is 25.0 Å². The average molecular weight is 321 g/mol. The molecule has 0 aliphatic rings. The van der Waals surface area contributed by atoms with E-state index in [2.05, 4.69) is 5.32 Å². The van der Waals surface area contributed by atoms with Gasteiger partial charge in [0.2, 0.25) is 5.76 Å². The Hall–Kier alpha value is -2.83. The second-order valence-corrected chi connectivity index (χ2v) is 4.67. The van der Waals surface area contributed by atoms with Crippen LogP contribution in [0.4, 0.5) is 4.39 Å². The van der Waals surface area contributed by atoms with Gasteiger partial charge in [-0.15, -0.1) is 0 Å². The summed E-state index contributed by atoms with van der Waals surface area (Å²) in [6.07, 6.45) is -0.920. The predicted octanol–water partition coefficient (Wildman–Crippen LogP) is 2.29. The van der Waals surface area contributed by atoms with E-state index < -0.39 is 18.0 Å². The van der Waals surface area contributed by atoms with Crippen LogP contribution in [0.5, 0.6) is 5.75 Å². The van der Waals surface area contributed by atoms with Crippen LogP contribution in [0, 0.1) is 5.82 Å². The fraction of sp³-hybridized carbons (Fsp3) is 0.250. The second-order valence-electron chi connectivity index (χ2n) is 4.67. The molecule has 0 aliphatic carbocycles. The lowest BCUT2D eigenvalue weighted by molar-refractivity contribution is -0.128. The van der Waals surface area contributed by atoms with Gasteiger partial charge in [0.05, 0.1) is 0 Å². The molecule has 2 aromatic rings.